The second-order valence-corrected chi connectivity index (χ2v) is 3.97. The molecule has 1 aromatic rings. The lowest BCUT2D eigenvalue weighted by atomic mass is 10.1. The summed E-state index contributed by atoms with van der Waals surface area (Å²) in [6, 6.07) is 3.25. The summed E-state index contributed by atoms with van der Waals surface area (Å²) in [5.41, 5.74) is 1.25. The first-order valence-electron chi connectivity index (χ1n) is 4.73. The Bertz CT molecular complexity index is 393. The van der Waals surface area contributed by atoms with Gasteiger partial charge in [0, 0.05) is 10.9 Å². The topological polar surface area (TPSA) is 35.5 Å². The van der Waals surface area contributed by atoms with Crippen LogP contribution in [0.3, 0.4) is 0 Å². The summed E-state index contributed by atoms with van der Waals surface area (Å²) in [5, 5.41) is 0.964. The fraction of sp³-hybridized carbons (Fsp3) is 0.364. The molecule has 1 aromatic carbocycles. The number of ether oxygens (including phenoxy) is 2. The van der Waals surface area contributed by atoms with Gasteiger partial charge in [-0.3, -0.25) is 0 Å². The Hall–Kier alpha value is -0.740. The third kappa shape index (κ3) is 2.89. The summed E-state index contributed by atoms with van der Waals surface area (Å²) in [6.07, 6.45) is 0. The van der Waals surface area contributed by atoms with Gasteiger partial charge in [-0.25, -0.2) is 4.79 Å². The SMILES string of the molecule is CCOC(=O)c1cc(Cl)c(OC)c(CBr)c1. The van der Waals surface area contributed by atoms with E-state index in [1.54, 1.807) is 19.1 Å². The van der Waals surface area contributed by atoms with Crippen LogP contribution in [-0.2, 0) is 10.1 Å². The van der Waals surface area contributed by atoms with Crippen LogP contribution in [0.5, 0.6) is 5.75 Å². The predicted octanol–water partition coefficient (Wildman–Crippen LogP) is 3.42. The Morgan fingerprint density at radius 3 is 2.69 bits per heavy atom. The lowest BCUT2D eigenvalue weighted by Gasteiger charge is -2.10. The Morgan fingerprint density at radius 1 is 1.50 bits per heavy atom. The highest BCUT2D eigenvalue weighted by Gasteiger charge is 2.14. The van der Waals surface area contributed by atoms with E-state index in [2.05, 4.69) is 15.9 Å². The molecule has 0 saturated heterocycles. The minimum Gasteiger partial charge on any atom is -0.495 e. The summed E-state index contributed by atoms with van der Waals surface area (Å²) in [5.74, 6) is 0.195. The molecule has 0 radical (unpaired) electrons. The zero-order valence-electron chi connectivity index (χ0n) is 9.05. The van der Waals surface area contributed by atoms with Crippen LogP contribution in [0, 0.1) is 0 Å². The first-order chi connectivity index (χ1) is 7.63. The Labute approximate surface area is 108 Å². The van der Waals surface area contributed by atoms with Crippen molar-refractivity contribution in [1.29, 1.82) is 0 Å². The average molecular weight is 308 g/mol. The van der Waals surface area contributed by atoms with Crippen molar-refractivity contribution >= 4 is 33.5 Å². The molecule has 88 valence electrons. The normalized spacial score (nSPS) is 10.0. The summed E-state index contributed by atoms with van der Waals surface area (Å²) in [7, 11) is 1.54. The second kappa shape index (κ2) is 6.11. The molecule has 0 bridgehead atoms. The van der Waals surface area contributed by atoms with Gasteiger partial charge in [0.25, 0.3) is 0 Å². The molecule has 0 unspecified atom stereocenters. The van der Waals surface area contributed by atoms with Crippen molar-refractivity contribution in [3.05, 3.63) is 28.3 Å². The number of alkyl halides is 1. The largest absolute Gasteiger partial charge is 0.495 e. The minimum atomic E-state index is -0.380. The third-order valence-electron chi connectivity index (χ3n) is 1.98. The van der Waals surface area contributed by atoms with Crippen LogP contribution in [0.1, 0.15) is 22.8 Å². The van der Waals surface area contributed by atoms with Crippen molar-refractivity contribution in [2.75, 3.05) is 13.7 Å². The number of carbonyl (C=O) groups is 1. The van der Waals surface area contributed by atoms with Crippen molar-refractivity contribution in [2.45, 2.75) is 12.3 Å². The average Bonchev–Trinajstić information content (AvgIpc) is 2.28. The fourth-order valence-corrected chi connectivity index (χ4v) is 2.04. The first-order valence-corrected chi connectivity index (χ1v) is 6.23. The number of benzene rings is 1. The molecule has 3 nitrogen and oxygen atoms in total. The number of carbonyl (C=O) groups excluding carboxylic acids is 1. The molecular formula is C11H12BrClO3. The van der Waals surface area contributed by atoms with E-state index < -0.39 is 0 Å². The van der Waals surface area contributed by atoms with Crippen molar-refractivity contribution in [3.63, 3.8) is 0 Å². The Balaban J connectivity index is 3.15. The summed E-state index contributed by atoms with van der Waals surface area (Å²) in [4.78, 5) is 11.5. The highest BCUT2D eigenvalue weighted by molar-refractivity contribution is 9.08. The Kier molecular flexibility index (Phi) is 5.09. The maximum Gasteiger partial charge on any atom is 0.338 e. The van der Waals surface area contributed by atoms with Gasteiger partial charge >= 0.3 is 5.97 Å². The molecule has 0 saturated carbocycles. The molecule has 0 amide bonds. The van der Waals surface area contributed by atoms with Gasteiger partial charge in [0.1, 0.15) is 5.75 Å². The maximum absolute atomic E-state index is 11.5. The van der Waals surface area contributed by atoms with Crippen molar-refractivity contribution in [1.82, 2.24) is 0 Å². The molecule has 0 aromatic heterocycles. The van der Waals surface area contributed by atoms with Crippen LogP contribution in [0.4, 0.5) is 0 Å². The highest BCUT2D eigenvalue weighted by atomic mass is 79.9. The van der Waals surface area contributed by atoms with Gasteiger partial charge in [-0.15, -0.1) is 0 Å². The molecule has 0 N–H and O–H groups in total. The lowest BCUT2D eigenvalue weighted by molar-refractivity contribution is 0.0526. The smallest absolute Gasteiger partial charge is 0.338 e. The van der Waals surface area contributed by atoms with E-state index in [0.29, 0.717) is 28.3 Å². The lowest BCUT2D eigenvalue weighted by Crippen LogP contribution is -2.06. The number of esters is 1. The van der Waals surface area contributed by atoms with E-state index >= 15 is 0 Å². The molecule has 0 aliphatic carbocycles. The Morgan fingerprint density at radius 2 is 2.19 bits per heavy atom. The molecule has 0 aliphatic rings. The van der Waals surface area contributed by atoms with Crippen LogP contribution < -0.4 is 4.74 Å². The maximum atomic E-state index is 11.5. The number of rotatable bonds is 4. The monoisotopic (exact) mass is 306 g/mol. The number of methoxy groups -OCH3 is 1. The molecule has 0 fully saturated rings. The van der Waals surface area contributed by atoms with E-state index in [1.807, 2.05) is 0 Å². The van der Waals surface area contributed by atoms with Crippen molar-refractivity contribution < 1.29 is 14.3 Å². The molecule has 5 heteroatoms. The fourth-order valence-electron chi connectivity index (χ4n) is 1.31. The summed E-state index contributed by atoms with van der Waals surface area (Å²) < 4.78 is 10.0. The molecule has 0 heterocycles. The molecular weight excluding hydrogens is 295 g/mol. The van der Waals surface area contributed by atoms with Crippen molar-refractivity contribution in [2.24, 2.45) is 0 Å². The van der Waals surface area contributed by atoms with Gasteiger partial charge in [0.15, 0.2) is 0 Å². The molecule has 16 heavy (non-hydrogen) atoms. The zero-order valence-corrected chi connectivity index (χ0v) is 11.4. The van der Waals surface area contributed by atoms with Crippen LogP contribution >= 0.6 is 27.5 Å². The molecule has 1 rings (SSSR count). The number of hydrogen-bond donors (Lipinski definition) is 0. The van der Waals surface area contributed by atoms with Gasteiger partial charge in [-0.1, -0.05) is 27.5 Å². The van der Waals surface area contributed by atoms with E-state index in [9.17, 15) is 4.79 Å². The number of hydrogen-bond acceptors (Lipinski definition) is 3. The summed E-state index contributed by atoms with van der Waals surface area (Å²) >= 11 is 9.32. The van der Waals surface area contributed by atoms with E-state index in [1.165, 1.54) is 7.11 Å². The second-order valence-electron chi connectivity index (χ2n) is 3.00. The van der Waals surface area contributed by atoms with Gasteiger partial charge in [-0.2, -0.15) is 0 Å². The van der Waals surface area contributed by atoms with Gasteiger partial charge in [0.05, 0.1) is 24.3 Å². The molecule has 0 atom stereocenters. The van der Waals surface area contributed by atoms with E-state index in [4.69, 9.17) is 21.1 Å². The van der Waals surface area contributed by atoms with E-state index in [0.717, 1.165) is 5.56 Å². The van der Waals surface area contributed by atoms with Gasteiger partial charge in [0.2, 0.25) is 0 Å². The van der Waals surface area contributed by atoms with Crippen LogP contribution in [0.2, 0.25) is 5.02 Å². The van der Waals surface area contributed by atoms with Crippen LogP contribution in [0.15, 0.2) is 12.1 Å². The molecule has 0 aliphatic heterocycles. The standard InChI is InChI=1S/C11H12BrClO3/c1-3-16-11(14)7-4-8(6-12)10(15-2)9(13)5-7/h4-5H,3,6H2,1-2H3. The van der Waals surface area contributed by atoms with Gasteiger partial charge in [-0.05, 0) is 19.1 Å². The zero-order chi connectivity index (χ0) is 12.1. The quantitative estimate of drug-likeness (QED) is 0.631. The molecule has 0 spiro atoms. The summed E-state index contributed by atoms with van der Waals surface area (Å²) in [6.45, 7) is 2.10. The van der Waals surface area contributed by atoms with Crippen molar-refractivity contribution in [3.8, 4) is 5.75 Å². The minimum absolute atomic E-state index is 0.339. The van der Waals surface area contributed by atoms with Crippen LogP contribution in [0.25, 0.3) is 0 Å². The first kappa shape index (κ1) is 13.3. The third-order valence-corrected chi connectivity index (χ3v) is 2.86. The van der Waals surface area contributed by atoms with E-state index in [-0.39, 0.29) is 5.97 Å². The van der Waals surface area contributed by atoms with Gasteiger partial charge < -0.3 is 9.47 Å². The number of halogens is 2. The van der Waals surface area contributed by atoms with Crippen LogP contribution in [-0.4, -0.2) is 19.7 Å². The predicted molar refractivity (Wildman–Crippen MR) is 66.6 cm³/mol. The highest BCUT2D eigenvalue weighted by Crippen LogP contribution is 2.31.